The summed E-state index contributed by atoms with van der Waals surface area (Å²) >= 11 is 0. The molecule has 0 N–H and O–H groups in total. The highest BCUT2D eigenvalue weighted by molar-refractivity contribution is 5.66. The Kier molecular flexibility index (Phi) is 8.31. The second-order valence-corrected chi connectivity index (χ2v) is 8.49. The van der Waals surface area contributed by atoms with Crippen molar-refractivity contribution >= 4 is 6.08 Å². The largest absolute Gasteiger partial charge is 0.303 e. The van der Waals surface area contributed by atoms with Crippen molar-refractivity contribution in [2.24, 2.45) is 0 Å². The highest BCUT2D eigenvalue weighted by Crippen LogP contribution is 2.28. The molecule has 0 radical (unpaired) electrons. The average Bonchev–Trinajstić information content (AvgIpc) is 2.73. The smallest absolute Gasteiger partial charge is 0.00156 e. The predicted octanol–water partition coefficient (Wildman–Crippen LogP) is 6.79. The molecule has 0 saturated carbocycles. The van der Waals surface area contributed by atoms with Gasteiger partial charge in [-0.1, -0.05) is 73.7 Å². The van der Waals surface area contributed by atoms with E-state index in [0.717, 1.165) is 6.42 Å². The zero-order valence-electron chi connectivity index (χ0n) is 18.4. The van der Waals surface area contributed by atoms with Gasteiger partial charge in [-0.3, -0.25) is 0 Å². The van der Waals surface area contributed by atoms with E-state index in [2.05, 4.69) is 79.9 Å². The van der Waals surface area contributed by atoms with E-state index < -0.39 is 0 Å². The second kappa shape index (κ2) is 11.2. The Morgan fingerprint density at radius 2 is 1.66 bits per heavy atom. The van der Waals surface area contributed by atoms with E-state index in [4.69, 9.17) is 0 Å². The highest BCUT2D eigenvalue weighted by atomic mass is 15.1. The van der Waals surface area contributed by atoms with Gasteiger partial charge in [0.05, 0.1) is 0 Å². The van der Waals surface area contributed by atoms with Gasteiger partial charge in [0.25, 0.3) is 0 Å². The summed E-state index contributed by atoms with van der Waals surface area (Å²) in [5.74, 6) is 0. The summed E-state index contributed by atoms with van der Waals surface area (Å²) in [6.07, 6.45) is 12.9. The van der Waals surface area contributed by atoms with Gasteiger partial charge < -0.3 is 4.90 Å². The van der Waals surface area contributed by atoms with Crippen LogP contribution in [0.25, 0.3) is 6.08 Å². The number of benzene rings is 2. The first-order valence-corrected chi connectivity index (χ1v) is 11.4. The Balaban J connectivity index is 1.46. The standard InChI is InChI=1S/C28H37N/c1-4-19-29(21-10-13-25-11-6-5-7-12-25)20-9-8-14-27-24(3)16-17-26-22-23(2)15-18-28(26)27/h5-7,11-12,15-18H,2,4,8-10,13-14,19-22H2,1,3H3. The summed E-state index contributed by atoms with van der Waals surface area (Å²) in [5, 5.41) is 0. The Labute approximate surface area is 178 Å². The Morgan fingerprint density at radius 1 is 0.862 bits per heavy atom. The summed E-state index contributed by atoms with van der Waals surface area (Å²) in [6.45, 7) is 12.4. The number of hydrogen-bond donors (Lipinski definition) is 0. The van der Waals surface area contributed by atoms with E-state index in [1.165, 1.54) is 86.0 Å². The van der Waals surface area contributed by atoms with Crippen molar-refractivity contribution in [1.29, 1.82) is 0 Å². The molecule has 0 aliphatic heterocycles. The molecular formula is C28H37N. The minimum absolute atomic E-state index is 1.00. The van der Waals surface area contributed by atoms with Gasteiger partial charge in [0.2, 0.25) is 0 Å². The Morgan fingerprint density at radius 3 is 2.45 bits per heavy atom. The average molecular weight is 388 g/mol. The molecule has 0 spiro atoms. The van der Waals surface area contributed by atoms with Crippen LogP contribution < -0.4 is 0 Å². The predicted molar refractivity (Wildman–Crippen MR) is 127 cm³/mol. The summed E-state index contributed by atoms with van der Waals surface area (Å²) in [6, 6.07) is 15.5. The van der Waals surface area contributed by atoms with Crippen molar-refractivity contribution in [3.63, 3.8) is 0 Å². The van der Waals surface area contributed by atoms with E-state index >= 15 is 0 Å². The Hall–Kier alpha value is -2.12. The summed E-state index contributed by atoms with van der Waals surface area (Å²) in [4.78, 5) is 2.67. The third-order valence-corrected chi connectivity index (χ3v) is 6.06. The lowest BCUT2D eigenvalue weighted by molar-refractivity contribution is 0.265. The molecule has 0 aromatic heterocycles. The lowest BCUT2D eigenvalue weighted by Crippen LogP contribution is -2.27. The van der Waals surface area contributed by atoms with Crippen molar-refractivity contribution in [3.05, 3.63) is 88.5 Å². The van der Waals surface area contributed by atoms with Gasteiger partial charge in [-0.05, 0) is 99.3 Å². The molecule has 0 bridgehead atoms. The molecule has 2 aromatic carbocycles. The molecular weight excluding hydrogens is 350 g/mol. The number of hydrogen-bond acceptors (Lipinski definition) is 1. The van der Waals surface area contributed by atoms with E-state index in [0.29, 0.717) is 0 Å². The molecule has 0 amide bonds. The first-order valence-electron chi connectivity index (χ1n) is 11.4. The first kappa shape index (κ1) is 21.6. The van der Waals surface area contributed by atoms with Gasteiger partial charge in [0, 0.05) is 0 Å². The quantitative estimate of drug-likeness (QED) is 0.384. The van der Waals surface area contributed by atoms with Crippen LogP contribution in [0.1, 0.15) is 60.4 Å². The summed E-state index contributed by atoms with van der Waals surface area (Å²) in [5.41, 5.74) is 8.59. The van der Waals surface area contributed by atoms with Crippen LogP contribution in [0.2, 0.25) is 0 Å². The van der Waals surface area contributed by atoms with Gasteiger partial charge in [-0.15, -0.1) is 0 Å². The second-order valence-electron chi connectivity index (χ2n) is 8.49. The highest BCUT2D eigenvalue weighted by Gasteiger charge is 2.13. The molecule has 29 heavy (non-hydrogen) atoms. The lowest BCUT2D eigenvalue weighted by atomic mass is 9.87. The van der Waals surface area contributed by atoms with Crippen molar-refractivity contribution < 1.29 is 0 Å². The molecule has 1 heteroatoms. The molecule has 0 fully saturated rings. The Bertz CT molecular complexity index is 816. The number of allylic oxidation sites excluding steroid dienone is 2. The van der Waals surface area contributed by atoms with Gasteiger partial charge in [0.15, 0.2) is 0 Å². The molecule has 2 aromatic rings. The normalized spacial score (nSPS) is 13.1. The van der Waals surface area contributed by atoms with Crippen LogP contribution in [0, 0.1) is 6.92 Å². The maximum absolute atomic E-state index is 4.13. The maximum Gasteiger partial charge on any atom is -0.00156 e. The molecule has 0 atom stereocenters. The molecule has 0 heterocycles. The number of rotatable bonds is 11. The fourth-order valence-electron chi connectivity index (χ4n) is 4.46. The van der Waals surface area contributed by atoms with Crippen molar-refractivity contribution in [2.45, 2.75) is 58.8 Å². The zero-order chi connectivity index (χ0) is 20.5. The van der Waals surface area contributed by atoms with Crippen molar-refractivity contribution in [2.75, 3.05) is 19.6 Å². The molecule has 3 rings (SSSR count). The zero-order valence-corrected chi connectivity index (χ0v) is 18.4. The minimum Gasteiger partial charge on any atom is -0.303 e. The van der Waals surface area contributed by atoms with E-state index in [1.54, 1.807) is 5.56 Å². The van der Waals surface area contributed by atoms with Gasteiger partial charge in [-0.25, -0.2) is 0 Å². The fraction of sp³-hybridized carbons (Fsp3) is 0.429. The van der Waals surface area contributed by atoms with Gasteiger partial charge in [0.1, 0.15) is 0 Å². The van der Waals surface area contributed by atoms with Gasteiger partial charge >= 0.3 is 0 Å². The van der Waals surface area contributed by atoms with E-state index in [9.17, 15) is 0 Å². The monoisotopic (exact) mass is 387 g/mol. The van der Waals surface area contributed by atoms with Crippen LogP contribution in [0.5, 0.6) is 0 Å². The van der Waals surface area contributed by atoms with Crippen LogP contribution in [-0.4, -0.2) is 24.5 Å². The van der Waals surface area contributed by atoms with Crippen LogP contribution in [0.3, 0.4) is 0 Å². The third-order valence-electron chi connectivity index (χ3n) is 6.06. The first-order chi connectivity index (χ1) is 14.2. The van der Waals surface area contributed by atoms with E-state index in [1.807, 2.05) is 0 Å². The topological polar surface area (TPSA) is 3.24 Å². The number of aryl methyl sites for hydroxylation is 2. The minimum atomic E-state index is 1.00. The van der Waals surface area contributed by atoms with Crippen LogP contribution in [0.15, 0.2) is 60.7 Å². The molecule has 1 nitrogen and oxygen atoms in total. The molecule has 0 saturated heterocycles. The van der Waals surface area contributed by atoms with Crippen molar-refractivity contribution in [3.8, 4) is 0 Å². The van der Waals surface area contributed by atoms with Crippen LogP contribution >= 0.6 is 0 Å². The maximum atomic E-state index is 4.13. The molecule has 1 aliphatic rings. The molecule has 1 aliphatic carbocycles. The number of fused-ring (bicyclic) bond motifs is 1. The van der Waals surface area contributed by atoms with Crippen LogP contribution in [0.4, 0.5) is 0 Å². The summed E-state index contributed by atoms with van der Waals surface area (Å²) < 4.78 is 0. The molecule has 154 valence electrons. The SMILES string of the molecule is C=C1C=Cc2c(ccc(C)c2CCCCN(CCC)CCCc2ccccc2)C1. The third kappa shape index (κ3) is 6.44. The number of nitrogens with zero attached hydrogens (tertiary/aromatic N) is 1. The van der Waals surface area contributed by atoms with Crippen LogP contribution in [-0.2, 0) is 19.3 Å². The lowest BCUT2D eigenvalue weighted by Gasteiger charge is -2.22. The van der Waals surface area contributed by atoms with Crippen molar-refractivity contribution in [1.82, 2.24) is 4.90 Å². The van der Waals surface area contributed by atoms with Gasteiger partial charge in [-0.2, -0.15) is 0 Å². The number of unbranched alkanes of at least 4 members (excludes halogenated alkanes) is 1. The van der Waals surface area contributed by atoms with E-state index in [-0.39, 0.29) is 0 Å². The summed E-state index contributed by atoms with van der Waals surface area (Å²) in [7, 11) is 0. The molecule has 0 unspecified atom stereocenters. The fourth-order valence-corrected chi connectivity index (χ4v) is 4.46.